The fourth-order valence-corrected chi connectivity index (χ4v) is 3.05. The summed E-state index contributed by atoms with van der Waals surface area (Å²) < 4.78 is 12.9. The van der Waals surface area contributed by atoms with Crippen LogP contribution >= 0.6 is 0 Å². The van der Waals surface area contributed by atoms with Gasteiger partial charge in [0.1, 0.15) is 5.82 Å². The van der Waals surface area contributed by atoms with Crippen LogP contribution in [0.4, 0.5) is 10.1 Å². The highest BCUT2D eigenvalue weighted by Crippen LogP contribution is 2.20. The molecule has 0 saturated carbocycles. The number of hydrogen-bond donors (Lipinski definition) is 1. The normalized spacial score (nSPS) is 14.5. The van der Waals surface area contributed by atoms with E-state index in [2.05, 4.69) is 10.2 Å². The van der Waals surface area contributed by atoms with Gasteiger partial charge >= 0.3 is 0 Å². The molecule has 0 aromatic heterocycles. The molecule has 24 heavy (non-hydrogen) atoms. The topological polar surface area (TPSA) is 32.3 Å². The molecule has 0 atom stereocenters. The molecule has 3 nitrogen and oxygen atoms in total. The van der Waals surface area contributed by atoms with E-state index in [0.29, 0.717) is 18.5 Å². The number of rotatable bonds is 5. The van der Waals surface area contributed by atoms with Crippen LogP contribution in [0.15, 0.2) is 48.5 Å². The Kier molecular flexibility index (Phi) is 5.47. The summed E-state index contributed by atoms with van der Waals surface area (Å²) in [6, 6.07) is 14.2. The molecule has 1 N–H and O–H groups in total. The second kappa shape index (κ2) is 7.95. The molecule has 4 heteroatoms. The molecule has 1 fully saturated rings. The van der Waals surface area contributed by atoms with Crippen LogP contribution in [0.25, 0.3) is 0 Å². The van der Waals surface area contributed by atoms with Crippen LogP contribution in [0.5, 0.6) is 0 Å². The number of nitrogens with one attached hydrogen (secondary N) is 1. The van der Waals surface area contributed by atoms with E-state index in [0.717, 1.165) is 18.7 Å². The minimum absolute atomic E-state index is 0.0673. The lowest BCUT2D eigenvalue weighted by Gasteiger charge is -2.28. The van der Waals surface area contributed by atoms with Crippen molar-refractivity contribution in [1.29, 1.82) is 0 Å². The van der Waals surface area contributed by atoms with Crippen molar-refractivity contribution in [1.82, 2.24) is 5.32 Å². The minimum Gasteiger partial charge on any atom is -0.372 e. The monoisotopic (exact) mass is 326 g/mol. The summed E-state index contributed by atoms with van der Waals surface area (Å²) in [7, 11) is 0. The van der Waals surface area contributed by atoms with Gasteiger partial charge < -0.3 is 10.2 Å². The number of halogens is 1. The Hall–Kier alpha value is -2.36. The first kappa shape index (κ1) is 16.5. The van der Waals surface area contributed by atoms with Crippen molar-refractivity contribution >= 4 is 11.6 Å². The molecule has 2 aromatic rings. The van der Waals surface area contributed by atoms with Crippen LogP contribution < -0.4 is 10.2 Å². The van der Waals surface area contributed by atoms with E-state index in [-0.39, 0.29) is 11.7 Å². The van der Waals surface area contributed by atoms with E-state index in [1.165, 1.54) is 37.1 Å². The largest absolute Gasteiger partial charge is 0.372 e. The highest BCUT2D eigenvalue weighted by molar-refractivity contribution is 5.94. The van der Waals surface area contributed by atoms with Crippen LogP contribution in [0, 0.1) is 5.82 Å². The van der Waals surface area contributed by atoms with E-state index >= 15 is 0 Å². The van der Waals surface area contributed by atoms with Crippen molar-refractivity contribution in [2.45, 2.75) is 25.7 Å². The van der Waals surface area contributed by atoms with Gasteiger partial charge in [0, 0.05) is 30.9 Å². The van der Waals surface area contributed by atoms with Gasteiger partial charge in [0.25, 0.3) is 5.91 Å². The van der Waals surface area contributed by atoms with Gasteiger partial charge in [-0.1, -0.05) is 12.1 Å². The van der Waals surface area contributed by atoms with Crippen LogP contribution in [0.2, 0.25) is 0 Å². The number of benzene rings is 2. The molecule has 3 rings (SSSR count). The smallest absolute Gasteiger partial charge is 0.251 e. The third-order valence-electron chi connectivity index (χ3n) is 4.46. The molecule has 1 amide bonds. The van der Waals surface area contributed by atoms with Gasteiger partial charge in [-0.05, 0) is 67.6 Å². The van der Waals surface area contributed by atoms with Gasteiger partial charge in [0.05, 0.1) is 0 Å². The Morgan fingerprint density at radius 2 is 1.62 bits per heavy atom. The molecule has 1 saturated heterocycles. The quantitative estimate of drug-likeness (QED) is 0.907. The second-order valence-electron chi connectivity index (χ2n) is 6.23. The van der Waals surface area contributed by atoms with E-state index in [4.69, 9.17) is 0 Å². The fourth-order valence-electron chi connectivity index (χ4n) is 3.05. The average molecular weight is 326 g/mol. The minimum atomic E-state index is -0.239. The number of carbonyl (C=O) groups excluding carboxylic acids is 1. The van der Waals surface area contributed by atoms with Crippen molar-refractivity contribution < 1.29 is 9.18 Å². The van der Waals surface area contributed by atoms with Crippen LogP contribution in [0.3, 0.4) is 0 Å². The predicted molar refractivity (Wildman–Crippen MR) is 94.9 cm³/mol. The van der Waals surface area contributed by atoms with E-state index in [1.54, 1.807) is 12.1 Å². The zero-order valence-corrected chi connectivity index (χ0v) is 13.8. The van der Waals surface area contributed by atoms with Crippen LogP contribution in [0.1, 0.15) is 35.2 Å². The Labute approximate surface area is 142 Å². The van der Waals surface area contributed by atoms with Gasteiger partial charge in [-0.2, -0.15) is 0 Å². The number of piperidine rings is 1. The number of carbonyl (C=O) groups is 1. The maximum atomic E-state index is 12.9. The molecule has 1 aliphatic rings. The van der Waals surface area contributed by atoms with E-state index in [9.17, 15) is 9.18 Å². The van der Waals surface area contributed by atoms with E-state index < -0.39 is 0 Å². The summed E-state index contributed by atoms with van der Waals surface area (Å²) in [4.78, 5) is 14.6. The van der Waals surface area contributed by atoms with Crippen molar-refractivity contribution in [2.75, 3.05) is 24.5 Å². The Bertz CT molecular complexity index is 661. The van der Waals surface area contributed by atoms with Crippen LogP contribution in [-0.4, -0.2) is 25.5 Å². The van der Waals surface area contributed by atoms with Crippen LogP contribution in [-0.2, 0) is 6.42 Å². The van der Waals surface area contributed by atoms with Crippen molar-refractivity contribution in [2.24, 2.45) is 0 Å². The predicted octanol–water partition coefficient (Wildman–Crippen LogP) is 3.79. The summed E-state index contributed by atoms with van der Waals surface area (Å²) in [5.74, 6) is -0.307. The molecule has 0 spiro atoms. The summed E-state index contributed by atoms with van der Waals surface area (Å²) in [5, 5.41) is 2.91. The third kappa shape index (κ3) is 4.34. The number of amides is 1. The Balaban J connectivity index is 1.50. The lowest BCUT2D eigenvalue weighted by molar-refractivity contribution is 0.0954. The molecule has 2 aromatic carbocycles. The molecule has 0 aliphatic carbocycles. The van der Waals surface area contributed by atoms with Gasteiger partial charge in [-0.15, -0.1) is 0 Å². The number of anilines is 1. The molecule has 1 heterocycles. The molecule has 0 bridgehead atoms. The summed E-state index contributed by atoms with van der Waals surface area (Å²) in [5.41, 5.74) is 2.88. The van der Waals surface area contributed by atoms with Gasteiger partial charge in [-0.3, -0.25) is 4.79 Å². The molecular weight excluding hydrogens is 303 g/mol. The lowest BCUT2D eigenvalue weighted by atomic mass is 10.1. The number of nitrogens with zero attached hydrogens (tertiary/aromatic N) is 1. The van der Waals surface area contributed by atoms with E-state index in [1.807, 2.05) is 24.3 Å². The van der Waals surface area contributed by atoms with Gasteiger partial charge in [0.15, 0.2) is 0 Å². The number of hydrogen-bond acceptors (Lipinski definition) is 2. The van der Waals surface area contributed by atoms with Gasteiger partial charge in [0.2, 0.25) is 0 Å². The van der Waals surface area contributed by atoms with Crippen molar-refractivity contribution in [3.63, 3.8) is 0 Å². The SMILES string of the molecule is O=C(NCCc1ccc(F)cc1)c1ccc(N2CCCCC2)cc1. The third-order valence-corrected chi connectivity index (χ3v) is 4.46. The fraction of sp³-hybridized carbons (Fsp3) is 0.350. The highest BCUT2D eigenvalue weighted by atomic mass is 19.1. The maximum Gasteiger partial charge on any atom is 0.251 e. The Morgan fingerprint density at radius 3 is 2.29 bits per heavy atom. The standard InChI is InChI=1S/C20H23FN2O/c21-18-8-4-16(5-9-18)12-13-22-20(24)17-6-10-19(11-7-17)23-14-2-1-3-15-23/h4-11H,1-3,12-15H2,(H,22,24). The lowest BCUT2D eigenvalue weighted by Crippen LogP contribution is -2.29. The summed E-state index contributed by atoms with van der Waals surface area (Å²) >= 11 is 0. The molecular formula is C20H23FN2O. The maximum absolute atomic E-state index is 12.9. The first-order valence-electron chi connectivity index (χ1n) is 8.60. The van der Waals surface area contributed by atoms with Crippen molar-refractivity contribution in [3.05, 3.63) is 65.5 Å². The summed E-state index contributed by atoms with van der Waals surface area (Å²) in [6.07, 6.45) is 4.49. The zero-order chi connectivity index (χ0) is 16.8. The Morgan fingerprint density at radius 1 is 0.958 bits per heavy atom. The average Bonchev–Trinajstić information content (AvgIpc) is 2.64. The highest BCUT2D eigenvalue weighted by Gasteiger charge is 2.11. The molecule has 0 unspecified atom stereocenters. The summed E-state index contributed by atoms with van der Waals surface area (Å²) in [6.45, 7) is 2.74. The van der Waals surface area contributed by atoms with Crippen molar-refractivity contribution in [3.8, 4) is 0 Å². The first-order chi connectivity index (χ1) is 11.7. The molecule has 1 aliphatic heterocycles. The first-order valence-corrected chi connectivity index (χ1v) is 8.60. The molecule has 126 valence electrons. The second-order valence-corrected chi connectivity index (χ2v) is 6.23. The zero-order valence-electron chi connectivity index (χ0n) is 13.8. The van der Waals surface area contributed by atoms with Gasteiger partial charge in [-0.25, -0.2) is 4.39 Å². The molecule has 0 radical (unpaired) electrons.